The van der Waals surface area contributed by atoms with Crippen LogP contribution >= 0.6 is 0 Å². The van der Waals surface area contributed by atoms with Gasteiger partial charge in [0.2, 0.25) is 0 Å². The lowest BCUT2D eigenvalue weighted by Crippen LogP contribution is -1.88. The molecule has 0 radical (unpaired) electrons. The Labute approximate surface area is 302 Å². The van der Waals surface area contributed by atoms with Gasteiger partial charge >= 0.3 is 0 Å². The molecule has 4 nitrogen and oxygen atoms in total. The van der Waals surface area contributed by atoms with Crippen LogP contribution in [0.2, 0.25) is 0 Å². The minimum atomic E-state index is 0.435. The fourth-order valence-electron chi connectivity index (χ4n) is 6.06. The van der Waals surface area contributed by atoms with Crippen molar-refractivity contribution in [3.05, 3.63) is 156 Å². The van der Waals surface area contributed by atoms with Crippen LogP contribution < -0.4 is 5.73 Å². The molecule has 0 bridgehead atoms. The van der Waals surface area contributed by atoms with Crippen LogP contribution in [0.5, 0.6) is 0 Å². The summed E-state index contributed by atoms with van der Waals surface area (Å²) in [7, 11) is 1.65. The van der Waals surface area contributed by atoms with Gasteiger partial charge in [-0.15, -0.1) is 0 Å². The van der Waals surface area contributed by atoms with E-state index in [2.05, 4.69) is 121 Å². The van der Waals surface area contributed by atoms with E-state index in [-0.39, 0.29) is 0 Å². The molecular formula is C47H44N4. The molecule has 0 aliphatic carbocycles. The van der Waals surface area contributed by atoms with Crippen molar-refractivity contribution in [2.45, 2.75) is 34.6 Å². The number of aliphatic imine (C=N–C) groups is 1. The molecule has 2 N–H and O–H groups in total. The third-order valence-electron chi connectivity index (χ3n) is 8.51. The van der Waals surface area contributed by atoms with Crippen LogP contribution in [0.4, 0.5) is 0 Å². The van der Waals surface area contributed by atoms with Crippen molar-refractivity contribution >= 4 is 49.7 Å². The number of hydrogen-bond donors (Lipinski definition) is 1. The number of nitriles is 2. The molecule has 6 rings (SSSR count). The maximum Gasteiger partial charge on any atom is 0.101 e. The molecule has 4 heteroatoms. The van der Waals surface area contributed by atoms with E-state index in [1.165, 1.54) is 44.7 Å². The molecule has 51 heavy (non-hydrogen) atoms. The van der Waals surface area contributed by atoms with Gasteiger partial charge in [-0.25, -0.2) is 0 Å². The van der Waals surface area contributed by atoms with Gasteiger partial charge in [-0.1, -0.05) is 131 Å². The molecule has 0 heterocycles. The van der Waals surface area contributed by atoms with Gasteiger partial charge in [0.05, 0.1) is 11.1 Å². The molecule has 0 atom stereocenters. The number of nitrogens with two attached hydrogens (primary N) is 1. The molecule has 0 saturated heterocycles. The quantitative estimate of drug-likeness (QED) is 0.0797. The fraction of sp³-hybridized carbons (Fsp3) is 0.128. The van der Waals surface area contributed by atoms with E-state index in [4.69, 9.17) is 5.73 Å². The Morgan fingerprint density at radius 3 is 1.45 bits per heavy atom. The van der Waals surface area contributed by atoms with E-state index < -0.39 is 0 Å². The second-order valence-electron chi connectivity index (χ2n) is 11.4. The van der Waals surface area contributed by atoms with Crippen molar-refractivity contribution in [3.63, 3.8) is 0 Å². The second kappa shape index (κ2) is 17.8. The summed E-state index contributed by atoms with van der Waals surface area (Å²) in [6.07, 6.45) is 6.42. The SMILES string of the molecule is C=C(/C=C(/C#N)C=NC)c1ccc(-c2ccc3c4ccccc4c4ccc(-c5ccc(/C(C)=C/C(C#N)=C\N)cc5)cc4c3c2)cc1.CC.CC. The van der Waals surface area contributed by atoms with E-state index in [1.807, 2.05) is 46.8 Å². The highest BCUT2D eigenvalue weighted by Gasteiger charge is 2.12. The molecule has 6 aromatic rings. The third kappa shape index (κ3) is 8.22. The zero-order valence-corrected chi connectivity index (χ0v) is 30.3. The fourth-order valence-corrected chi connectivity index (χ4v) is 6.06. The summed E-state index contributed by atoms with van der Waals surface area (Å²) in [6, 6.07) is 43.0. The molecule has 0 aliphatic heterocycles. The van der Waals surface area contributed by atoms with Crippen LogP contribution in [-0.4, -0.2) is 13.3 Å². The standard InChI is InChI=1S/C43H32N4.2C2H6/c1-28(20-30(24-44)25-45)32-8-12-34(13-9-32)36-16-18-40-38-6-4-5-7-39(38)41-19-17-37(23-43(41)42(40)22-36)35-14-10-33(11-15-35)29(2)21-31(26-46)27-47-3;2*1-2/h4-24,27H,2,44H2,1,3H3;2*1-2H3/b28-20+,30-24+,31-21-,47-27?;;. The smallest absolute Gasteiger partial charge is 0.101 e. The summed E-state index contributed by atoms with van der Waals surface area (Å²) in [6.45, 7) is 14.1. The van der Waals surface area contributed by atoms with Crippen LogP contribution in [-0.2, 0) is 0 Å². The first kappa shape index (κ1) is 37.3. The molecule has 0 saturated carbocycles. The first-order chi connectivity index (χ1) is 24.9. The highest BCUT2D eigenvalue weighted by Crippen LogP contribution is 2.39. The van der Waals surface area contributed by atoms with Gasteiger partial charge in [0.1, 0.15) is 12.1 Å². The predicted molar refractivity (Wildman–Crippen MR) is 221 cm³/mol. The van der Waals surface area contributed by atoms with Crippen molar-refractivity contribution in [2.75, 3.05) is 7.05 Å². The molecule has 0 unspecified atom stereocenters. The van der Waals surface area contributed by atoms with E-state index in [1.54, 1.807) is 19.2 Å². The first-order valence-electron chi connectivity index (χ1n) is 17.3. The van der Waals surface area contributed by atoms with Crippen molar-refractivity contribution in [1.29, 1.82) is 10.5 Å². The average molecular weight is 665 g/mol. The average Bonchev–Trinajstić information content (AvgIpc) is 3.21. The number of fused-ring (bicyclic) bond motifs is 6. The normalized spacial score (nSPS) is 11.7. The summed E-state index contributed by atoms with van der Waals surface area (Å²) < 4.78 is 0. The van der Waals surface area contributed by atoms with Crippen LogP contribution in [0.1, 0.15) is 45.7 Å². The zero-order chi connectivity index (χ0) is 36.9. The van der Waals surface area contributed by atoms with Crippen molar-refractivity contribution < 1.29 is 0 Å². The van der Waals surface area contributed by atoms with E-state index in [0.29, 0.717) is 11.1 Å². The largest absolute Gasteiger partial charge is 0.404 e. The predicted octanol–water partition coefficient (Wildman–Crippen LogP) is 12.5. The number of rotatable bonds is 7. The Bertz CT molecular complexity index is 2390. The molecule has 0 fully saturated rings. The summed E-state index contributed by atoms with van der Waals surface area (Å²) in [5.41, 5.74) is 14.7. The molecule has 0 aliphatic rings. The lowest BCUT2D eigenvalue weighted by Gasteiger charge is -2.14. The first-order valence-corrected chi connectivity index (χ1v) is 17.3. The van der Waals surface area contributed by atoms with Gasteiger partial charge in [0, 0.05) is 19.5 Å². The Balaban J connectivity index is 0.00000141. The van der Waals surface area contributed by atoms with Crippen molar-refractivity contribution in [1.82, 2.24) is 0 Å². The third-order valence-corrected chi connectivity index (χ3v) is 8.51. The molecule has 0 aromatic heterocycles. The number of benzene rings is 6. The second-order valence-corrected chi connectivity index (χ2v) is 11.4. The van der Waals surface area contributed by atoms with Gasteiger partial charge < -0.3 is 5.73 Å². The van der Waals surface area contributed by atoms with Crippen LogP contribution in [0.3, 0.4) is 0 Å². The van der Waals surface area contributed by atoms with E-state index in [0.717, 1.165) is 44.5 Å². The summed E-state index contributed by atoms with van der Waals surface area (Å²) in [5.74, 6) is 0. The lowest BCUT2D eigenvalue weighted by molar-refractivity contribution is 1.45. The minimum Gasteiger partial charge on any atom is -0.404 e. The topological polar surface area (TPSA) is 86.0 Å². The van der Waals surface area contributed by atoms with Gasteiger partial charge in [-0.2, -0.15) is 10.5 Å². The molecule has 6 aromatic carbocycles. The van der Waals surface area contributed by atoms with Crippen LogP contribution in [0.25, 0.3) is 65.7 Å². The van der Waals surface area contributed by atoms with Gasteiger partial charge in [-0.3, -0.25) is 4.99 Å². The summed E-state index contributed by atoms with van der Waals surface area (Å²) in [5, 5.41) is 25.9. The highest BCUT2D eigenvalue weighted by molar-refractivity contribution is 6.26. The zero-order valence-electron chi connectivity index (χ0n) is 30.3. The van der Waals surface area contributed by atoms with E-state index in [9.17, 15) is 10.5 Å². The lowest BCUT2D eigenvalue weighted by atomic mass is 9.90. The van der Waals surface area contributed by atoms with Gasteiger partial charge in [0.25, 0.3) is 0 Å². The maximum atomic E-state index is 9.36. The molecular weight excluding hydrogens is 621 g/mol. The highest BCUT2D eigenvalue weighted by atomic mass is 14.6. The number of nitrogens with zero attached hydrogens (tertiary/aromatic N) is 3. The minimum absolute atomic E-state index is 0.435. The van der Waals surface area contributed by atoms with Crippen LogP contribution in [0, 0.1) is 22.7 Å². The van der Waals surface area contributed by atoms with Gasteiger partial charge in [0.15, 0.2) is 0 Å². The Kier molecular flexibility index (Phi) is 13.0. The number of hydrogen-bond acceptors (Lipinski definition) is 4. The summed E-state index contributed by atoms with van der Waals surface area (Å²) in [4.78, 5) is 3.95. The Morgan fingerprint density at radius 1 is 0.588 bits per heavy atom. The van der Waals surface area contributed by atoms with Crippen LogP contribution in [0.15, 0.2) is 150 Å². The summed E-state index contributed by atoms with van der Waals surface area (Å²) >= 11 is 0. The molecule has 0 spiro atoms. The van der Waals surface area contributed by atoms with E-state index >= 15 is 0 Å². The van der Waals surface area contributed by atoms with Crippen molar-refractivity contribution in [3.8, 4) is 34.4 Å². The maximum absolute atomic E-state index is 9.36. The Morgan fingerprint density at radius 2 is 1.02 bits per heavy atom. The molecule has 252 valence electrons. The number of allylic oxidation sites excluding steroid dienone is 6. The monoisotopic (exact) mass is 664 g/mol. The van der Waals surface area contributed by atoms with Gasteiger partial charge in [-0.05, 0) is 108 Å². The molecule has 0 amide bonds. The van der Waals surface area contributed by atoms with Crippen molar-refractivity contribution in [2.24, 2.45) is 10.7 Å². The Hall–Kier alpha value is -6.49.